The predicted molar refractivity (Wildman–Crippen MR) is 89.0 cm³/mol. The fourth-order valence-electron chi connectivity index (χ4n) is 2.28. The van der Waals surface area contributed by atoms with Crippen molar-refractivity contribution in [3.05, 3.63) is 52.0 Å². The average molecular weight is 283 g/mol. The summed E-state index contributed by atoms with van der Waals surface area (Å²) in [5.41, 5.74) is 6.11. The Morgan fingerprint density at radius 3 is 2.43 bits per heavy atom. The van der Waals surface area contributed by atoms with Gasteiger partial charge in [0.1, 0.15) is 11.6 Å². The topological polar surface area (TPSA) is 37.8 Å². The van der Waals surface area contributed by atoms with Crippen LogP contribution in [0.5, 0.6) is 0 Å². The number of aromatic nitrogens is 2. The van der Waals surface area contributed by atoms with Gasteiger partial charge in [0.2, 0.25) is 0 Å². The van der Waals surface area contributed by atoms with E-state index in [0.29, 0.717) is 0 Å². The summed E-state index contributed by atoms with van der Waals surface area (Å²) >= 11 is 0. The maximum Gasteiger partial charge on any atom is 0.135 e. The summed E-state index contributed by atoms with van der Waals surface area (Å²) in [6.45, 7) is 11.5. The minimum atomic E-state index is 0.781. The van der Waals surface area contributed by atoms with Gasteiger partial charge in [0.15, 0.2) is 0 Å². The zero-order chi connectivity index (χ0) is 15.4. The Bertz CT molecular complexity index is 633. The maximum atomic E-state index is 4.70. The Balaban J connectivity index is 2.26. The highest BCUT2D eigenvalue weighted by Gasteiger charge is 2.08. The van der Waals surface area contributed by atoms with Gasteiger partial charge in [0, 0.05) is 24.2 Å². The van der Waals surface area contributed by atoms with Gasteiger partial charge in [-0.15, -0.1) is 0 Å². The molecular formula is C18H25N3. The lowest BCUT2D eigenvalue weighted by molar-refractivity contribution is 0.903. The smallest absolute Gasteiger partial charge is 0.135 e. The molecule has 2 rings (SSSR count). The molecule has 3 heteroatoms. The second kappa shape index (κ2) is 6.70. The van der Waals surface area contributed by atoms with E-state index in [1.807, 2.05) is 0 Å². The SMILES string of the molecule is CCCNc1nc(Cc2ccc(C)c(C)c2)nc(C)c1C. The fourth-order valence-corrected chi connectivity index (χ4v) is 2.28. The highest BCUT2D eigenvalue weighted by molar-refractivity contribution is 5.46. The van der Waals surface area contributed by atoms with Crippen LogP contribution in [0, 0.1) is 27.7 Å². The van der Waals surface area contributed by atoms with E-state index in [9.17, 15) is 0 Å². The van der Waals surface area contributed by atoms with Crippen LogP contribution < -0.4 is 5.32 Å². The molecule has 0 atom stereocenters. The maximum absolute atomic E-state index is 4.70. The minimum Gasteiger partial charge on any atom is -0.370 e. The van der Waals surface area contributed by atoms with Crippen molar-refractivity contribution in [1.82, 2.24) is 9.97 Å². The summed E-state index contributed by atoms with van der Waals surface area (Å²) in [4.78, 5) is 9.33. The molecule has 0 aliphatic heterocycles. The molecule has 2 aromatic rings. The van der Waals surface area contributed by atoms with Crippen molar-refractivity contribution < 1.29 is 0 Å². The molecule has 0 spiro atoms. The quantitative estimate of drug-likeness (QED) is 0.897. The lowest BCUT2D eigenvalue weighted by atomic mass is 10.0. The van der Waals surface area contributed by atoms with Crippen molar-refractivity contribution >= 4 is 5.82 Å². The number of benzene rings is 1. The third-order valence-corrected chi connectivity index (χ3v) is 3.91. The zero-order valence-electron chi connectivity index (χ0n) is 13.7. The molecule has 0 aliphatic carbocycles. The van der Waals surface area contributed by atoms with E-state index >= 15 is 0 Å². The van der Waals surface area contributed by atoms with Crippen molar-refractivity contribution in [1.29, 1.82) is 0 Å². The molecule has 0 bridgehead atoms. The molecule has 3 nitrogen and oxygen atoms in total. The first kappa shape index (κ1) is 15.5. The molecule has 1 N–H and O–H groups in total. The first-order valence-corrected chi connectivity index (χ1v) is 7.65. The molecular weight excluding hydrogens is 258 g/mol. The van der Waals surface area contributed by atoms with E-state index in [4.69, 9.17) is 4.98 Å². The number of anilines is 1. The van der Waals surface area contributed by atoms with Crippen molar-refractivity contribution in [3.8, 4) is 0 Å². The lowest BCUT2D eigenvalue weighted by Gasteiger charge is -2.12. The zero-order valence-corrected chi connectivity index (χ0v) is 13.7. The second-order valence-corrected chi connectivity index (χ2v) is 5.72. The molecule has 112 valence electrons. The summed E-state index contributed by atoms with van der Waals surface area (Å²) in [5.74, 6) is 1.86. The van der Waals surface area contributed by atoms with Crippen LogP contribution >= 0.6 is 0 Å². The third-order valence-electron chi connectivity index (χ3n) is 3.91. The monoisotopic (exact) mass is 283 g/mol. The number of hydrogen-bond acceptors (Lipinski definition) is 3. The van der Waals surface area contributed by atoms with Gasteiger partial charge in [-0.2, -0.15) is 0 Å². The van der Waals surface area contributed by atoms with Gasteiger partial charge in [-0.05, 0) is 50.8 Å². The van der Waals surface area contributed by atoms with Gasteiger partial charge in [-0.1, -0.05) is 25.1 Å². The van der Waals surface area contributed by atoms with Gasteiger partial charge < -0.3 is 5.32 Å². The van der Waals surface area contributed by atoms with Crippen LogP contribution in [0.4, 0.5) is 5.82 Å². The number of nitrogens with one attached hydrogen (secondary N) is 1. The number of aryl methyl sites for hydroxylation is 3. The van der Waals surface area contributed by atoms with Gasteiger partial charge in [0.25, 0.3) is 0 Å². The van der Waals surface area contributed by atoms with Crippen LogP contribution in [0.3, 0.4) is 0 Å². The van der Waals surface area contributed by atoms with Crippen LogP contribution in [0.2, 0.25) is 0 Å². The molecule has 1 aromatic carbocycles. The lowest BCUT2D eigenvalue weighted by Crippen LogP contribution is -2.09. The predicted octanol–water partition coefficient (Wildman–Crippen LogP) is 4.12. The van der Waals surface area contributed by atoms with Gasteiger partial charge in [-0.25, -0.2) is 9.97 Å². The number of nitrogens with zero attached hydrogens (tertiary/aromatic N) is 2. The second-order valence-electron chi connectivity index (χ2n) is 5.72. The molecule has 0 unspecified atom stereocenters. The van der Waals surface area contributed by atoms with Crippen LogP contribution in [-0.2, 0) is 6.42 Å². The fraction of sp³-hybridized carbons (Fsp3) is 0.444. The highest BCUT2D eigenvalue weighted by atomic mass is 15.0. The minimum absolute atomic E-state index is 0.781. The Labute approximate surface area is 127 Å². The Morgan fingerprint density at radius 1 is 1.00 bits per heavy atom. The van der Waals surface area contributed by atoms with E-state index in [1.54, 1.807) is 0 Å². The van der Waals surface area contributed by atoms with E-state index in [1.165, 1.54) is 16.7 Å². The molecule has 1 aromatic heterocycles. The molecule has 0 fully saturated rings. The number of rotatable bonds is 5. The summed E-state index contributed by atoms with van der Waals surface area (Å²) < 4.78 is 0. The Morgan fingerprint density at radius 2 is 1.76 bits per heavy atom. The average Bonchev–Trinajstić information content (AvgIpc) is 2.45. The van der Waals surface area contributed by atoms with Crippen LogP contribution in [-0.4, -0.2) is 16.5 Å². The van der Waals surface area contributed by atoms with Crippen molar-refractivity contribution in [2.45, 2.75) is 47.5 Å². The largest absolute Gasteiger partial charge is 0.370 e. The van der Waals surface area contributed by atoms with Crippen molar-refractivity contribution in [2.75, 3.05) is 11.9 Å². The van der Waals surface area contributed by atoms with Crippen molar-refractivity contribution in [2.24, 2.45) is 0 Å². The molecule has 1 heterocycles. The molecule has 0 saturated carbocycles. The van der Waals surface area contributed by atoms with Crippen molar-refractivity contribution in [3.63, 3.8) is 0 Å². The van der Waals surface area contributed by atoms with Crippen LogP contribution in [0.15, 0.2) is 18.2 Å². The molecule has 0 radical (unpaired) electrons. The van der Waals surface area contributed by atoms with E-state index in [0.717, 1.165) is 42.3 Å². The normalized spacial score (nSPS) is 10.7. The van der Waals surface area contributed by atoms with Crippen LogP contribution in [0.25, 0.3) is 0 Å². The third kappa shape index (κ3) is 3.81. The first-order valence-electron chi connectivity index (χ1n) is 7.65. The molecule has 21 heavy (non-hydrogen) atoms. The first-order chi connectivity index (χ1) is 10.0. The molecule has 0 saturated heterocycles. The molecule has 0 amide bonds. The van der Waals surface area contributed by atoms with E-state index in [2.05, 4.69) is 63.1 Å². The Hall–Kier alpha value is -1.90. The highest BCUT2D eigenvalue weighted by Crippen LogP contribution is 2.18. The summed E-state index contributed by atoms with van der Waals surface area (Å²) in [6.07, 6.45) is 1.87. The summed E-state index contributed by atoms with van der Waals surface area (Å²) in [7, 11) is 0. The molecule has 0 aliphatic rings. The standard InChI is InChI=1S/C18H25N3/c1-6-9-19-18-14(4)15(5)20-17(21-18)11-16-8-7-12(2)13(3)10-16/h7-8,10H,6,9,11H2,1-5H3,(H,19,20,21). The Kier molecular flexibility index (Phi) is 4.94. The van der Waals surface area contributed by atoms with Gasteiger partial charge in [0.05, 0.1) is 0 Å². The summed E-state index contributed by atoms with van der Waals surface area (Å²) in [5, 5.41) is 3.40. The number of hydrogen-bond donors (Lipinski definition) is 1. The van der Waals surface area contributed by atoms with Gasteiger partial charge >= 0.3 is 0 Å². The van der Waals surface area contributed by atoms with Crippen LogP contribution in [0.1, 0.15) is 47.1 Å². The summed E-state index contributed by atoms with van der Waals surface area (Å²) in [6, 6.07) is 6.56. The van der Waals surface area contributed by atoms with E-state index < -0.39 is 0 Å². The van der Waals surface area contributed by atoms with E-state index in [-0.39, 0.29) is 0 Å². The van der Waals surface area contributed by atoms with Gasteiger partial charge in [-0.3, -0.25) is 0 Å².